The van der Waals surface area contributed by atoms with E-state index in [0.717, 1.165) is 17.3 Å². The number of hydrogen-bond donors (Lipinski definition) is 0. The van der Waals surface area contributed by atoms with Crippen LogP contribution >= 0.6 is 15.9 Å². The number of carbonyl (C=O) groups excluding carboxylic acids is 1. The van der Waals surface area contributed by atoms with Gasteiger partial charge in [-0.25, -0.2) is 9.78 Å². The molecule has 8 nitrogen and oxygen atoms in total. The first-order valence-corrected chi connectivity index (χ1v) is 10.9. The van der Waals surface area contributed by atoms with E-state index in [1.165, 1.54) is 18.9 Å². The first-order chi connectivity index (χ1) is 15.5. The number of aromatic nitrogens is 2. The van der Waals surface area contributed by atoms with Crippen LogP contribution in [0, 0.1) is 0 Å². The summed E-state index contributed by atoms with van der Waals surface area (Å²) in [5.41, 5.74) is 1.10. The van der Waals surface area contributed by atoms with E-state index in [1.807, 2.05) is 12.1 Å². The highest BCUT2D eigenvalue weighted by Crippen LogP contribution is 2.27. The lowest BCUT2D eigenvalue weighted by molar-refractivity contribution is -0.142. The van der Waals surface area contributed by atoms with Gasteiger partial charge in [0.05, 0.1) is 31.3 Å². The minimum Gasteiger partial charge on any atom is -0.493 e. The summed E-state index contributed by atoms with van der Waals surface area (Å²) in [6.07, 6.45) is 4.07. The maximum absolute atomic E-state index is 13.1. The summed E-state index contributed by atoms with van der Waals surface area (Å²) in [5, 5.41) is 4.92. The minimum atomic E-state index is -0.493. The molecule has 3 rings (SSSR count). The second-order valence-corrected chi connectivity index (χ2v) is 7.85. The lowest BCUT2D eigenvalue weighted by Gasteiger charge is -2.11. The summed E-state index contributed by atoms with van der Waals surface area (Å²) in [6.45, 7) is 1.86. The number of nitrogens with zero attached hydrogens (tertiary/aromatic N) is 3. The molecule has 3 aromatic rings. The number of aryl methyl sites for hydroxylation is 1. The molecular formula is C23H24BrN3O5. The zero-order chi connectivity index (χ0) is 23.1. The summed E-state index contributed by atoms with van der Waals surface area (Å²) >= 11 is 3.41. The summed E-state index contributed by atoms with van der Waals surface area (Å²) in [5.74, 6) is 0.935. The SMILES string of the molecule is CCCCc1nc2ccc(Br)cc2c(=O)n1N=Cc1ccc(OCC(=O)OC)c(OC)c1. The van der Waals surface area contributed by atoms with E-state index in [2.05, 4.69) is 37.7 Å². The molecule has 0 saturated heterocycles. The quantitative estimate of drug-likeness (QED) is 0.325. The number of carbonyl (C=O) groups is 1. The molecule has 2 aromatic carbocycles. The fourth-order valence-corrected chi connectivity index (χ4v) is 3.38. The molecule has 0 aliphatic heterocycles. The predicted molar refractivity (Wildman–Crippen MR) is 126 cm³/mol. The van der Waals surface area contributed by atoms with Crippen molar-refractivity contribution in [2.45, 2.75) is 26.2 Å². The molecule has 1 heterocycles. The Morgan fingerprint density at radius 3 is 2.72 bits per heavy atom. The number of ether oxygens (including phenoxy) is 3. The van der Waals surface area contributed by atoms with Gasteiger partial charge in [0, 0.05) is 10.9 Å². The van der Waals surface area contributed by atoms with E-state index in [0.29, 0.717) is 40.2 Å². The van der Waals surface area contributed by atoms with Crippen LogP contribution in [-0.2, 0) is 16.0 Å². The van der Waals surface area contributed by atoms with Gasteiger partial charge in [0.25, 0.3) is 5.56 Å². The molecule has 1 aromatic heterocycles. The van der Waals surface area contributed by atoms with Gasteiger partial charge < -0.3 is 14.2 Å². The third kappa shape index (κ3) is 5.53. The summed E-state index contributed by atoms with van der Waals surface area (Å²) in [6, 6.07) is 10.6. The van der Waals surface area contributed by atoms with Crippen molar-refractivity contribution in [2.24, 2.45) is 5.10 Å². The van der Waals surface area contributed by atoms with Crippen LogP contribution in [0.5, 0.6) is 11.5 Å². The highest BCUT2D eigenvalue weighted by molar-refractivity contribution is 9.10. The number of unbranched alkanes of at least 4 members (excludes halogenated alkanes) is 1. The first kappa shape index (κ1) is 23.5. The van der Waals surface area contributed by atoms with Gasteiger partial charge in [-0.1, -0.05) is 29.3 Å². The van der Waals surface area contributed by atoms with Crippen LogP contribution in [-0.4, -0.2) is 42.7 Å². The number of benzene rings is 2. The molecule has 0 N–H and O–H groups in total. The molecule has 0 unspecified atom stereocenters. The Labute approximate surface area is 194 Å². The molecule has 0 radical (unpaired) electrons. The monoisotopic (exact) mass is 501 g/mol. The van der Waals surface area contributed by atoms with Gasteiger partial charge in [-0.3, -0.25) is 4.79 Å². The van der Waals surface area contributed by atoms with E-state index in [4.69, 9.17) is 9.47 Å². The van der Waals surface area contributed by atoms with Crippen molar-refractivity contribution in [3.63, 3.8) is 0 Å². The van der Waals surface area contributed by atoms with E-state index in [9.17, 15) is 9.59 Å². The van der Waals surface area contributed by atoms with Crippen LogP contribution in [0.3, 0.4) is 0 Å². The van der Waals surface area contributed by atoms with Crippen LogP contribution in [0.1, 0.15) is 31.2 Å². The fourth-order valence-electron chi connectivity index (χ4n) is 3.01. The number of halogens is 1. The zero-order valence-corrected chi connectivity index (χ0v) is 19.7. The highest BCUT2D eigenvalue weighted by Gasteiger charge is 2.12. The smallest absolute Gasteiger partial charge is 0.343 e. The first-order valence-electron chi connectivity index (χ1n) is 10.1. The topological polar surface area (TPSA) is 92.0 Å². The molecule has 0 spiro atoms. The summed E-state index contributed by atoms with van der Waals surface area (Å²) in [4.78, 5) is 29.1. The molecule has 0 fully saturated rings. The largest absolute Gasteiger partial charge is 0.493 e. The lowest BCUT2D eigenvalue weighted by atomic mass is 10.2. The van der Waals surface area contributed by atoms with Crippen molar-refractivity contribution in [2.75, 3.05) is 20.8 Å². The molecule has 9 heteroatoms. The maximum Gasteiger partial charge on any atom is 0.343 e. The van der Waals surface area contributed by atoms with Crippen molar-refractivity contribution >= 4 is 39.0 Å². The van der Waals surface area contributed by atoms with Crippen LogP contribution in [0.25, 0.3) is 10.9 Å². The van der Waals surface area contributed by atoms with E-state index < -0.39 is 5.97 Å². The number of esters is 1. The molecule has 0 bridgehead atoms. The van der Waals surface area contributed by atoms with Crippen LogP contribution in [0.2, 0.25) is 0 Å². The van der Waals surface area contributed by atoms with Gasteiger partial charge >= 0.3 is 5.97 Å². The van der Waals surface area contributed by atoms with Crippen molar-refractivity contribution in [1.82, 2.24) is 9.66 Å². The highest BCUT2D eigenvalue weighted by atomic mass is 79.9. The Bertz CT molecular complexity index is 1210. The molecule has 0 aliphatic carbocycles. The molecule has 0 saturated carbocycles. The second-order valence-electron chi connectivity index (χ2n) is 6.93. The van der Waals surface area contributed by atoms with Crippen LogP contribution < -0.4 is 15.0 Å². The molecule has 32 heavy (non-hydrogen) atoms. The Hall–Kier alpha value is -3.20. The summed E-state index contributed by atoms with van der Waals surface area (Å²) < 4.78 is 17.5. The van der Waals surface area contributed by atoms with Crippen molar-refractivity contribution < 1.29 is 19.0 Å². The number of methoxy groups -OCH3 is 2. The lowest BCUT2D eigenvalue weighted by Crippen LogP contribution is -2.22. The fraction of sp³-hybridized carbons (Fsp3) is 0.304. The van der Waals surface area contributed by atoms with E-state index in [-0.39, 0.29) is 12.2 Å². The Kier molecular flexibility index (Phi) is 7.99. The van der Waals surface area contributed by atoms with Crippen LogP contribution in [0.4, 0.5) is 0 Å². The normalized spacial score (nSPS) is 11.1. The second kappa shape index (κ2) is 10.9. The predicted octanol–water partition coefficient (Wildman–Crippen LogP) is 3.94. The van der Waals surface area contributed by atoms with Gasteiger partial charge in [0.15, 0.2) is 18.1 Å². The molecular weight excluding hydrogens is 478 g/mol. The van der Waals surface area contributed by atoms with Crippen molar-refractivity contribution in [1.29, 1.82) is 0 Å². The third-order valence-electron chi connectivity index (χ3n) is 4.71. The van der Waals surface area contributed by atoms with E-state index in [1.54, 1.807) is 30.5 Å². The van der Waals surface area contributed by atoms with Gasteiger partial charge in [0.1, 0.15) is 5.82 Å². The van der Waals surface area contributed by atoms with Gasteiger partial charge in [-0.05, 0) is 48.4 Å². The Balaban J connectivity index is 1.97. The Morgan fingerprint density at radius 2 is 2.00 bits per heavy atom. The molecule has 0 aliphatic rings. The Morgan fingerprint density at radius 1 is 1.19 bits per heavy atom. The number of hydrogen-bond acceptors (Lipinski definition) is 7. The standard InChI is InChI=1S/C23H24BrN3O5/c1-4-5-6-21-26-18-9-8-16(24)12-17(18)23(29)27(21)25-13-15-7-10-19(20(11-15)30-2)32-14-22(28)31-3/h7-13H,4-6,14H2,1-3H3. The van der Waals surface area contributed by atoms with Crippen molar-refractivity contribution in [3.05, 3.63) is 62.6 Å². The van der Waals surface area contributed by atoms with Crippen LogP contribution in [0.15, 0.2) is 50.8 Å². The van der Waals surface area contributed by atoms with Gasteiger partial charge in [0.2, 0.25) is 0 Å². The minimum absolute atomic E-state index is 0.227. The number of fused-ring (bicyclic) bond motifs is 1. The average Bonchev–Trinajstić information content (AvgIpc) is 2.81. The third-order valence-corrected chi connectivity index (χ3v) is 5.21. The zero-order valence-electron chi connectivity index (χ0n) is 18.1. The van der Waals surface area contributed by atoms with Crippen molar-refractivity contribution in [3.8, 4) is 11.5 Å². The van der Waals surface area contributed by atoms with Gasteiger partial charge in [-0.15, -0.1) is 0 Å². The summed E-state index contributed by atoms with van der Waals surface area (Å²) in [7, 11) is 2.79. The van der Waals surface area contributed by atoms with E-state index >= 15 is 0 Å². The number of rotatable bonds is 9. The molecule has 0 atom stereocenters. The average molecular weight is 502 g/mol. The molecule has 168 valence electrons. The van der Waals surface area contributed by atoms with Gasteiger partial charge in [-0.2, -0.15) is 9.78 Å². The molecule has 0 amide bonds. The maximum atomic E-state index is 13.1.